The maximum Gasteiger partial charge on any atom is 0.164 e. The molecule has 5 heteroatoms. The average molecular weight is 328 g/mol. The molecule has 0 aliphatic carbocycles. The second-order valence-electron chi connectivity index (χ2n) is 3.57. The first-order valence-corrected chi connectivity index (χ1v) is 6.11. The Labute approximate surface area is 108 Å². The number of aryl methyl sites for hydroxylation is 1. The van der Waals surface area contributed by atoms with Gasteiger partial charge < -0.3 is 5.32 Å². The zero-order chi connectivity index (χ0) is 11.4. The summed E-state index contributed by atoms with van der Waals surface area (Å²) in [5.74, 6) is 0.827. The standard InChI is InChI=1S/C11H13IN4/c1-16-8-14-11(15-16)7-13-6-9-3-2-4-10(12)5-9/h2-5,8,13H,6-7H2,1H3. The van der Waals surface area contributed by atoms with E-state index in [4.69, 9.17) is 0 Å². The van der Waals surface area contributed by atoms with E-state index in [0.717, 1.165) is 12.4 Å². The fraction of sp³-hybridized carbons (Fsp3) is 0.273. The van der Waals surface area contributed by atoms with Gasteiger partial charge in [-0.2, -0.15) is 5.10 Å². The molecule has 2 aromatic rings. The van der Waals surface area contributed by atoms with E-state index in [1.165, 1.54) is 9.13 Å². The van der Waals surface area contributed by atoms with Crippen molar-refractivity contribution in [1.29, 1.82) is 0 Å². The lowest BCUT2D eigenvalue weighted by molar-refractivity contribution is 0.649. The first kappa shape index (κ1) is 11.5. The molecule has 0 radical (unpaired) electrons. The van der Waals surface area contributed by atoms with Crippen molar-refractivity contribution in [3.05, 3.63) is 45.6 Å². The van der Waals surface area contributed by atoms with Crippen LogP contribution in [0, 0.1) is 3.57 Å². The second-order valence-corrected chi connectivity index (χ2v) is 4.81. The van der Waals surface area contributed by atoms with Gasteiger partial charge in [0.15, 0.2) is 5.82 Å². The molecule has 0 amide bonds. The van der Waals surface area contributed by atoms with E-state index >= 15 is 0 Å². The summed E-state index contributed by atoms with van der Waals surface area (Å²) in [7, 11) is 1.87. The van der Waals surface area contributed by atoms with Gasteiger partial charge in [-0.1, -0.05) is 12.1 Å². The van der Waals surface area contributed by atoms with E-state index < -0.39 is 0 Å². The predicted molar refractivity (Wildman–Crippen MR) is 70.7 cm³/mol. The van der Waals surface area contributed by atoms with E-state index in [1.807, 2.05) is 7.05 Å². The molecule has 0 bridgehead atoms. The van der Waals surface area contributed by atoms with E-state index in [0.29, 0.717) is 6.54 Å². The number of nitrogens with one attached hydrogen (secondary N) is 1. The van der Waals surface area contributed by atoms with Crippen LogP contribution >= 0.6 is 22.6 Å². The molecular weight excluding hydrogens is 315 g/mol. The molecular formula is C11H13IN4. The van der Waals surface area contributed by atoms with Crippen molar-refractivity contribution >= 4 is 22.6 Å². The Morgan fingerprint density at radius 3 is 2.94 bits per heavy atom. The Morgan fingerprint density at radius 2 is 2.25 bits per heavy atom. The normalized spacial score (nSPS) is 10.6. The first-order chi connectivity index (χ1) is 7.74. The van der Waals surface area contributed by atoms with Crippen LogP contribution in [0.5, 0.6) is 0 Å². The summed E-state index contributed by atoms with van der Waals surface area (Å²) in [5.41, 5.74) is 1.28. The lowest BCUT2D eigenvalue weighted by Gasteiger charge is -2.02. The monoisotopic (exact) mass is 328 g/mol. The number of hydrogen-bond donors (Lipinski definition) is 1. The van der Waals surface area contributed by atoms with E-state index in [2.05, 4.69) is 62.3 Å². The summed E-state index contributed by atoms with van der Waals surface area (Å²) in [6.07, 6.45) is 1.71. The molecule has 0 aliphatic rings. The van der Waals surface area contributed by atoms with Crippen LogP contribution in [0.25, 0.3) is 0 Å². The molecule has 84 valence electrons. The van der Waals surface area contributed by atoms with Crippen LogP contribution in [0.2, 0.25) is 0 Å². The van der Waals surface area contributed by atoms with Gasteiger partial charge in [0.1, 0.15) is 6.33 Å². The van der Waals surface area contributed by atoms with Crippen molar-refractivity contribution in [2.24, 2.45) is 7.05 Å². The quantitative estimate of drug-likeness (QED) is 0.869. The summed E-state index contributed by atoms with van der Waals surface area (Å²) in [4.78, 5) is 4.15. The third-order valence-electron chi connectivity index (χ3n) is 2.15. The van der Waals surface area contributed by atoms with Gasteiger partial charge in [-0.05, 0) is 40.3 Å². The summed E-state index contributed by atoms with van der Waals surface area (Å²) >= 11 is 2.32. The van der Waals surface area contributed by atoms with Gasteiger partial charge in [0, 0.05) is 17.2 Å². The van der Waals surface area contributed by atoms with Crippen LogP contribution in [0.1, 0.15) is 11.4 Å². The van der Waals surface area contributed by atoms with E-state index in [1.54, 1.807) is 11.0 Å². The maximum atomic E-state index is 4.20. The molecule has 0 saturated carbocycles. The number of aromatic nitrogens is 3. The smallest absolute Gasteiger partial charge is 0.164 e. The number of halogens is 1. The third-order valence-corrected chi connectivity index (χ3v) is 2.82. The van der Waals surface area contributed by atoms with Crippen LogP contribution in [0.3, 0.4) is 0 Å². The number of rotatable bonds is 4. The highest BCUT2D eigenvalue weighted by Crippen LogP contribution is 2.07. The van der Waals surface area contributed by atoms with Crippen LogP contribution < -0.4 is 5.32 Å². The largest absolute Gasteiger partial charge is 0.306 e. The van der Waals surface area contributed by atoms with Crippen molar-refractivity contribution < 1.29 is 0 Å². The Morgan fingerprint density at radius 1 is 1.38 bits per heavy atom. The molecule has 0 unspecified atom stereocenters. The highest BCUT2D eigenvalue weighted by molar-refractivity contribution is 14.1. The fourth-order valence-corrected chi connectivity index (χ4v) is 2.04. The Hall–Kier alpha value is -0.950. The summed E-state index contributed by atoms with van der Waals surface area (Å²) in [5, 5.41) is 7.52. The van der Waals surface area contributed by atoms with E-state index in [-0.39, 0.29) is 0 Å². The number of nitrogens with zero attached hydrogens (tertiary/aromatic N) is 3. The highest BCUT2D eigenvalue weighted by atomic mass is 127. The predicted octanol–water partition coefficient (Wildman–Crippen LogP) is 1.71. The molecule has 0 aliphatic heterocycles. The molecule has 0 saturated heterocycles. The van der Waals surface area contributed by atoms with Gasteiger partial charge >= 0.3 is 0 Å². The van der Waals surface area contributed by atoms with Gasteiger partial charge in [0.05, 0.1) is 6.54 Å². The summed E-state index contributed by atoms with van der Waals surface area (Å²) in [6.45, 7) is 1.54. The van der Waals surface area contributed by atoms with Crippen LogP contribution in [0.4, 0.5) is 0 Å². The SMILES string of the molecule is Cn1cnc(CNCc2cccc(I)c2)n1. The van der Waals surface area contributed by atoms with Gasteiger partial charge in [-0.25, -0.2) is 4.98 Å². The molecule has 1 aromatic heterocycles. The molecule has 1 N–H and O–H groups in total. The lowest BCUT2D eigenvalue weighted by Crippen LogP contribution is -2.14. The molecule has 2 rings (SSSR count). The van der Waals surface area contributed by atoms with E-state index in [9.17, 15) is 0 Å². The molecule has 1 heterocycles. The van der Waals surface area contributed by atoms with Crippen LogP contribution in [-0.4, -0.2) is 14.8 Å². The Balaban J connectivity index is 1.84. The van der Waals surface area contributed by atoms with Crippen molar-refractivity contribution in [2.45, 2.75) is 13.1 Å². The van der Waals surface area contributed by atoms with Crippen molar-refractivity contribution in [2.75, 3.05) is 0 Å². The average Bonchev–Trinajstić information content (AvgIpc) is 2.64. The minimum atomic E-state index is 0.701. The number of benzene rings is 1. The van der Waals surface area contributed by atoms with Crippen molar-refractivity contribution in [3.8, 4) is 0 Å². The highest BCUT2D eigenvalue weighted by Gasteiger charge is 1.98. The minimum absolute atomic E-state index is 0.701. The molecule has 1 aromatic carbocycles. The minimum Gasteiger partial charge on any atom is -0.306 e. The Kier molecular flexibility index (Phi) is 3.89. The molecule has 0 fully saturated rings. The van der Waals surface area contributed by atoms with Crippen LogP contribution in [-0.2, 0) is 20.1 Å². The second kappa shape index (κ2) is 5.40. The topological polar surface area (TPSA) is 42.7 Å². The zero-order valence-electron chi connectivity index (χ0n) is 9.02. The van der Waals surface area contributed by atoms with Crippen molar-refractivity contribution in [3.63, 3.8) is 0 Å². The van der Waals surface area contributed by atoms with Gasteiger partial charge in [-0.3, -0.25) is 4.68 Å². The summed E-state index contributed by atoms with van der Waals surface area (Å²) < 4.78 is 2.97. The van der Waals surface area contributed by atoms with Gasteiger partial charge in [0.25, 0.3) is 0 Å². The third kappa shape index (κ3) is 3.28. The summed E-state index contributed by atoms with van der Waals surface area (Å²) in [6, 6.07) is 8.43. The molecule has 16 heavy (non-hydrogen) atoms. The Bertz CT molecular complexity index is 467. The molecule has 0 atom stereocenters. The van der Waals surface area contributed by atoms with Crippen LogP contribution in [0.15, 0.2) is 30.6 Å². The van der Waals surface area contributed by atoms with Gasteiger partial charge in [-0.15, -0.1) is 0 Å². The molecule has 0 spiro atoms. The van der Waals surface area contributed by atoms with Gasteiger partial charge in [0.2, 0.25) is 0 Å². The maximum absolute atomic E-state index is 4.20. The molecule has 4 nitrogen and oxygen atoms in total. The van der Waals surface area contributed by atoms with Crippen molar-refractivity contribution in [1.82, 2.24) is 20.1 Å². The fourth-order valence-electron chi connectivity index (χ4n) is 1.43. The first-order valence-electron chi connectivity index (χ1n) is 5.04. The lowest BCUT2D eigenvalue weighted by atomic mass is 10.2. The number of hydrogen-bond acceptors (Lipinski definition) is 3. The zero-order valence-corrected chi connectivity index (χ0v) is 11.2.